The van der Waals surface area contributed by atoms with E-state index in [0.29, 0.717) is 21.2 Å². The molecule has 0 atom stereocenters. The molecule has 98 valence electrons. The maximum Gasteiger partial charge on any atom is 0.340 e. The summed E-state index contributed by atoms with van der Waals surface area (Å²) in [6.07, 6.45) is 0. The van der Waals surface area contributed by atoms with Gasteiger partial charge in [-0.05, 0) is 41.5 Å². The van der Waals surface area contributed by atoms with Crippen molar-refractivity contribution in [3.8, 4) is 11.1 Å². The Kier molecular flexibility index (Phi) is 4.08. The molecular weight excluding hydrogens is 290 g/mol. The third-order valence-corrected chi connectivity index (χ3v) is 3.01. The van der Waals surface area contributed by atoms with E-state index in [0.717, 1.165) is 0 Å². The Labute approximate surface area is 119 Å². The maximum absolute atomic E-state index is 13.8. The number of benzene rings is 2. The van der Waals surface area contributed by atoms with Crippen LogP contribution in [0.2, 0.25) is 10.0 Å². The topological polar surface area (TPSA) is 26.3 Å². The van der Waals surface area contributed by atoms with Gasteiger partial charge in [-0.2, -0.15) is 0 Å². The van der Waals surface area contributed by atoms with Crippen LogP contribution in [-0.2, 0) is 4.74 Å². The van der Waals surface area contributed by atoms with Gasteiger partial charge in [0.1, 0.15) is 5.82 Å². The van der Waals surface area contributed by atoms with E-state index in [1.807, 2.05) is 0 Å². The van der Waals surface area contributed by atoms with Crippen LogP contribution in [0.1, 0.15) is 10.4 Å². The van der Waals surface area contributed by atoms with Gasteiger partial charge in [0.2, 0.25) is 0 Å². The number of carbonyl (C=O) groups is 1. The summed E-state index contributed by atoms with van der Waals surface area (Å²) in [5.74, 6) is -1.37. The molecule has 0 heterocycles. The first kappa shape index (κ1) is 13.8. The molecule has 0 aliphatic rings. The molecule has 0 fully saturated rings. The third kappa shape index (κ3) is 3.06. The standard InChI is InChI=1S/C14H9Cl2FO2/c1-19-14(18)12-3-2-8(6-13(12)17)9-4-10(15)7-11(16)5-9/h2-7H,1H3. The second kappa shape index (κ2) is 5.59. The first-order chi connectivity index (χ1) is 9.01. The lowest BCUT2D eigenvalue weighted by Gasteiger charge is -2.06. The Hall–Kier alpha value is -1.58. The van der Waals surface area contributed by atoms with Crippen molar-refractivity contribution in [3.05, 3.63) is 57.8 Å². The molecule has 0 spiro atoms. The fourth-order valence-electron chi connectivity index (χ4n) is 1.69. The van der Waals surface area contributed by atoms with Crippen LogP contribution < -0.4 is 0 Å². The number of hydrogen-bond acceptors (Lipinski definition) is 2. The fraction of sp³-hybridized carbons (Fsp3) is 0.0714. The van der Waals surface area contributed by atoms with Gasteiger partial charge in [-0.25, -0.2) is 9.18 Å². The normalized spacial score (nSPS) is 10.3. The van der Waals surface area contributed by atoms with Crippen molar-refractivity contribution in [2.75, 3.05) is 7.11 Å². The first-order valence-electron chi connectivity index (χ1n) is 5.35. The molecule has 2 rings (SSSR count). The van der Waals surface area contributed by atoms with Crippen LogP contribution in [0.5, 0.6) is 0 Å². The molecule has 2 aromatic carbocycles. The van der Waals surface area contributed by atoms with Gasteiger partial charge in [0.15, 0.2) is 0 Å². The van der Waals surface area contributed by atoms with Crippen LogP contribution in [-0.4, -0.2) is 13.1 Å². The van der Waals surface area contributed by atoms with Gasteiger partial charge in [0.25, 0.3) is 0 Å². The summed E-state index contributed by atoms with van der Waals surface area (Å²) in [7, 11) is 1.20. The summed E-state index contributed by atoms with van der Waals surface area (Å²) in [6.45, 7) is 0. The molecule has 2 aromatic rings. The highest BCUT2D eigenvalue weighted by Gasteiger charge is 2.13. The largest absolute Gasteiger partial charge is 0.465 e. The number of esters is 1. The molecule has 0 N–H and O–H groups in total. The first-order valence-corrected chi connectivity index (χ1v) is 6.11. The Bertz CT molecular complexity index is 621. The number of rotatable bonds is 2. The van der Waals surface area contributed by atoms with Crippen molar-refractivity contribution in [1.82, 2.24) is 0 Å². The van der Waals surface area contributed by atoms with E-state index in [9.17, 15) is 9.18 Å². The summed E-state index contributed by atoms with van der Waals surface area (Å²) in [6, 6.07) is 9.14. The third-order valence-electron chi connectivity index (χ3n) is 2.57. The Morgan fingerprint density at radius 3 is 2.21 bits per heavy atom. The second-order valence-corrected chi connectivity index (χ2v) is 4.72. The number of halogens is 3. The Morgan fingerprint density at radius 2 is 1.68 bits per heavy atom. The molecular formula is C14H9Cl2FO2. The lowest BCUT2D eigenvalue weighted by molar-refractivity contribution is 0.0595. The molecule has 0 saturated carbocycles. The van der Waals surface area contributed by atoms with E-state index in [1.54, 1.807) is 24.3 Å². The summed E-state index contributed by atoms with van der Waals surface area (Å²) in [5, 5.41) is 0.917. The number of hydrogen-bond donors (Lipinski definition) is 0. The van der Waals surface area contributed by atoms with E-state index in [2.05, 4.69) is 4.74 Å². The zero-order chi connectivity index (χ0) is 14.0. The Balaban J connectivity index is 2.47. The summed E-state index contributed by atoms with van der Waals surface area (Å²) in [4.78, 5) is 11.3. The number of ether oxygens (including phenoxy) is 1. The smallest absolute Gasteiger partial charge is 0.340 e. The lowest BCUT2D eigenvalue weighted by Crippen LogP contribution is -2.04. The fourth-order valence-corrected chi connectivity index (χ4v) is 2.22. The minimum absolute atomic E-state index is 0.112. The predicted octanol–water partition coefficient (Wildman–Crippen LogP) is 4.59. The van der Waals surface area contributed by atoms with Crippen LogP contribution in [0.4, 0.5) is 4.39 Å². The van der Waals surface area contributed by atoms with Gasteiger partial charge in [-0.15, -0.1) is 0 Å². The SMILES string of the molecule is COC(=O)c1ccc(-c2cc(Cl)cc(Cl)c2)cc1F. The molecule has 0 unspecified atom stereocenters. The molecule has 0 aromatic heterocycles. The summed E-state index contributed by atoms with van der Waals surface area (Å²) in [5.41, 5.74) is 1.14. The molecule has 0 saturated heterocycles. The molecule has 5 heteroatoms. The average Bonchev–Trinajstić information content (AvgIpc) is 2.36. The van der Waals surface area contributed by atoms with E-state index < -0.39 is 11.8 Å². The summed E-state index contributed by atoms with van der Waals surface area (Å²) >= 11 is 11.8. The predicted molar refractivity (Wildman–Crippen MR) is 73.2 cm³/mol. The molecule has 2 nitrogen and oxygen atoms in total. The maximum atomic E-state index is 13.8. The van der Waals surface area contributed by atoms with E-state index in [4.69, 9.17) is 23.2 Å². The van der Waals surface area contributed by atoms with Crippen LogP contribution >= 0.6 is 23.2 Å². The van der Waals surface area contributed by atoms with Gasteiger partial charge in [0.05, 0.1) is 12.7 Å². The number of carbonyl (C=O) groups excluding carboxylic acids is 1. The highest BCUT2D eigenvalue weighted by atomic mass is 35.5. The van der Waals surface area contributed by atoms with Gasteiger partial charge >= 0.3 is 5.97 Å². The highest BCUT2D eigenvalue weighted by Crippen LogP contribution is 2.28. The van der Waals surface area contributed by atoms with Gasteiger partial charge in [0, 0.05) is 10.0 Å². The van der Waals surface area contributed by atoms with Crippen LogP contribution in [0.15, 0.2) is 36.4 Å². The highest BCUT2D eigenvalue weighted by molar-refractivity contribution is 6.35. The minimum Gasteiger partial charge on any atom is -0.465 e. The second-order valence-electron chi connectivity index (χ2n) is 3.84. The molecule has 0 aliphatic heterocycles. The Morgan fingerprint density at radius 1 is 1.05 bits per heavy atom. The van der Waals surface area contributed by atoms with Gasteiger partial charge in [-0.1, -0.05) is 29.3 Å². The van der Waals surface area contributed by atoms with E-state index in [-0.39, 0.29) is 5.56 Å². The van der Waals surface area contributed by atoms with Crippen molar-refractivity contribution < 1.29 is 13.9 Å². The van der Waals surface area contributed by atoms with Crippen molar-refractivity contribution in [3.63, 3.8) is 0 Å². The van der Waals surface area contributed by atoms with Crippen LogP contribution in [0, 0.1) is 5.82 Å². The van der Waals surface area contributed by atoms with Crippen molar-refractivity contribution in [1.29, 1.82) is 0 Å². The van der Waals surface area contributed by atoms with Gasteiger partial charge in [-0.3, -0.25) is 0 Å². The lowest BCUT2D eigenvalue weighted by atomic mass is 10.0. The molecule has 19 heavy (non-hydrogen) atoms. The molecule has 0 amide bonds. The monoisotopic (exact) mass is 298 g/mol. The van der Waals surface area contributed by atoms with Gasteiger partial charge < -0.3 is 4.74 Å². The molecule has 0 radical (unpaired) electrons. The zero-order valence-electron chi connectivity index (χ0n) is 9.91. The quantitative estimate of drug-likeness (QED) is 0.758. The van der Waals surface area contributed by atoms with Crippen molar-refractivity contribution >= 4 is 29.2 Å². The van der Waals surface area contributed by atoms with Crippen LogP contribution in [0.25, 0.3) is 11.1 Å². The number of methoxy groups -OCH3 is 1. The molecule has 0 aliphatic carbocycles. The van der Waals surface area contributed by atoms with E-state index in [1.165, 1.54) is 19.2 Å². The molecule has 0 bridgehead atoms. The minimum atomic E-state index is -0.715. The zero-order valence-corrected chi connectivity index (χ0v) is 11.4. The van der Waals surface area contributed by atoms with Crippen molar-refractivity contribution in [2.24, 2.45) is 0 Å². The average molecular weight is 299 g/mol. The van der Waals surface area contributed by atoms with Crippen molar-refractivity contribution in [2.45, 2.75) is 0 Å². The van der Waals surface area contributed by atoms with E-state index >= 15 is 0 Å². The van der Waals surface area contributed by atoms with Crippen LogP contribution in [0.3, 0.4) is 0 Å². The summed E-state index contributed by atoms with van der Waals surface area (Å²) < 4.78 is 18.3.